The molecule has 2 N–H and O–H groups in total. The standard InChI is InChI=1S/C11H19N3O3S/c1-8-11(9(2)14-13-8)18(15,16)12-7-10-3-5-17-6-4-10/h10,12H,3-7H2,1-2H3,(H,13,14). The maximum Gasteiger partial charge on any atom is 0.244 e. The van der Waals surface area contributed by atoms with Gasteiger partial charge >= 0.3 is 0 Å². The smallest absolute Gasteiger partial charge is 0.244 e. The number of aryl methyl sites for hydroxylation is 2. The number of sulfonamides is 1. The van der Waals surface area contributed by atoms with Crippen LogP contribution in [-0.2, 0) is 14.8 Å². The lowest BCUT2D eigenvalue weighted by atomic mass is 10.0. The Morgan fingerprint density at radius 3 is 2.61 bits per heavy atom. The van der Waals surface area contributed by atoms with Crippen LogP contribution in [-0.4, -0.2) is 38.4 Å². The van der Waals surface area contributed by atoms with Gasteiger partial charge in [0.15, 0.2) is 0 Å². The quantitative estimate of drug-likeness (QED) is 0.847. The van der Waals surface area contributed by atoms with Gasteiger partial charge in [-0.1, -0.05) is 0 Å². The summed E-state index contributed by atoms with van der Waals surface area (Å²) in [6.45, 7) is 5.30. The fourth-order valence-corrected chi connectivity index (χ4v) is 3.67. The summed E-state index contributed by atoms with van der Waals surface area (Å²) in [5.74, 6) is 0.362. The highest BCUT2D eigenvalue weighted by Crippen LogP contribution is 2.18. The van der Waals surface area contributed by atoms with E-state index >= 15 is 0 Å². The number of aromatic amines is 1. The number of H-pyrrole nitrogens is 1. The van der Waals surface area contributed by atoms with E-state index < -0.39 is 10.0 Å². The summed E-state index contributed by atoms with van der Waals surface area (Å²) in [5.41, 5.74) is 1.08. The summed E-state index contributed by atoms with van der Waals surface area (Å²) in [7, 11) is -3.46. The number of nitrogens with one attached hydrogen (secondary N) is 2. The van der Waals surface area contributed by atoms with Crippen LogP contribution in [0.1, 0.15) is 24.2 Å². The summed E-state index contributed by atoms with van der Waals surface area (Å²) in [5, 5.41) is 6.60. The Hall–Kier alpha value is -0.920. The van der Waals surface area contributed by atoms with Crippen molar-refractivity contribution in [1.29, 1.82) is 0 Å². The number of hydrogen-bond donors (Lipinski definition) is 2. The molecule has 1 aliphatic rings. The van der Waals surface area contributed by atoms with Crippen molar-refractivity contribution < 1.29 is 13.2 Å². The molecule has 0 aliphatic carbocycles. The van der Waals surface area contributed by atoms with Gasteiger partial charge < -0.3 is 4.74 Å². The minimum atomic E-state index is -3.46. The van der Waals surface area contributed by atoms with E-state index in [0.717, 1.165) is 26.1 Å². The summed E-state index contributed by atoms with van der Waals surface area (Å²) < 4.78 is 32.3. The first kappa shape index (κ1) is 13.5. The molecule has 0 bridgehead atoms. The topological polar surface area (TPSA) is 84.1 Å². The molecule has 7 heteroatoms. The summed E-state index contributed by atoms with van der Waals surface area (Å²) in [4.78, 5) is 0.273. The molecule has 0 saturated carbocycles. The minimum Gasteiger partial charge on any atom is -0.381 e. The van der Waals surface area contributed by atoms with Crippen molar-refractivity contribution in [3.8, 4) is 0 Å². The van der Waals surface area contributed by atoms with Gasteiger partial charge in [-0.25, -0.2) is 13.1 Å². The van der Waals surface area contributed by atoms with Gasteiger partial charge in [0, 0.05) is 19.8 Å². The lowest BCUT2D eigenvalue weighted by Gasteiger charge is -2.22. The number of hydrogen-bond acceptors (Lipinski definition) is 4. The molecule has 0 radical (unpaired) electrons. The molecular weight excluding hydrogens is 254 g/mol. The zero-order chi connectivity index (χ0) is 13.2. The highest BCUT2D eigenvalue weighted by molar-refractivity contribution is 7.89. The van der Waals surface area contributed by atoms with Crippen LogP contribution in [0.5, 0.6) is 0 Å². The molecule has 18 heavy (non-hydrogen) atoms. The van der Waals surface area contributed by atoms with Crippen LogP contribution in [0.2, 0.25) is 0 Å². The molecule has 1 aromatic heterocycles. The third kappa shape index (κ3) is 2.90. The fourth-order valence-electron chi connectivity index (χ4n) is 2.19. The Labute approximate surface area is 107 Å². The van der Waals surface area contributed by atoms with Crippen LogP contribution >= 0.6 is 0 Å². The second-order valence-electron chi connectivity index (χ2n) is 4.67. The molecule has 0 aromatic carbocycles. The van der Waals surface area contributed by atoms with E-state index in [4.69, 9.17) is 4.74 Å². The van der Waals surface area contributed by atoms with Crippen molar-refractivity contribution in [2.24, 2.45) is 5.92 Å². The average molecular weight is 273 g/mol. The second-order valence-corrected chi connectivity index (χ2v) is 6.37. The van der Waals surface area contributed by atoms with Crippen molar-refractivity contribution in [3.63, 3.8) is 0 Å². The predicted molar refractivity (Wildman–Crippen MR) is 66.8 cm³/mol. The monoisotopic (exact) mass is 273 g/mol. The molecule has 6 nitrogen and oxygen atoms in total. The van der Waals surface area contributed by atoms with Gasteiger partial charge in [0.25, 0.3) is 0 Å². The zero-order valence-corrected chi connectivity index (χ0v) is 11.5. The van der Waals surface area contributed by atoms with Crippen molar-refractivity contribution in [3.05, 3.63) is 11.4 Å². The van der Waals surface area contributed by atoms with Gasteiger partial charge in [-0.2, -0.15) is 5.10 Å². The fraction of sp³-hybridized carbons (Fsp3) is 0.727. The molecule has 0 atom stereocenters. The first-order valence-electron chi connectivity index (χ1n) is 6.09. The van der Waals surface area contributed by atoms with Gasteiger partial charge in [0.2, 0.25) is 10.0 Å². The molecule has 1 fully saturated rings. The van der Waals surface area contributed by atoms with Crippen LogP contribution in [0.15, 0.2) is 4.90 Å². The first-order chi connectivity index (χ1) is 8.50. The first-order valence-corrected chi connectivity index (χ1v) is 7.58. The Kier molecular flexibility index (Phi) is 4.04. The van der Waals surface area contributed by atoms with Gasteiger partial charge in [-0.05, 0) is 32.6 Å². The maximum absolute atomic E-state index is 12.2. The molecule has 2 heterocycles. The zero-order valence-electron chi connectivity index (χ0n) is 10.7. The van der Waals surface area contributed by atoms with Crippen molar-refractivity contribution >= 4 is 10.0 Å². The highest BCUT2D eigenvalue weighted by atomic mass is 32.2. The predicted octanol–water partition coefficient (Wildman–Crippen LogP) is 0.731. The van der Waals surface area contributed by atoms with Crippen molar-refractivity contribution in [2.75, 3.05) is 19.8 Å². The van der Waals surface area contributed by atoms with E-state index in [0.29, 0.717) is 23.9 Å². The van der Waals surface area contributed by atoms with Crippen LogP contribution in [0.3, 0.4) is 0 Å². The molecule has 0 spiro atoms. The largest absolute Gasteiger partial charge is 0.381 e. The number of ether oxygens (including phenoxy) is 1. The van der Waals surface area contributed by atoms with E-state index in [1.54, 1.807) is 13.8 Å². The lowest BCUT2D eigenvalue weighted by molar-refractivity contribution is 0.0678. The third-order valence-electron chi connectivity index (χ3n) is 3.23. The van der Waals surface area contributed by atoms with Crippen LogP contribution in [0.4, 0.5) is 0 Å². The number of nitrogens with zero attached hydrogens (tertiary/aromatic N) is 1. The van der Waals surface area contributed by atoms with E-state index in [-0.39, 0.29) is 4.90 Å². The molecule has 1 aliphatic heterocycles. The maximum atomic E-state index is 12.2. The SMILES string of the molecule is Cc1n[nH]c(C)c1S(=O)(=O)NCC1CCOCC1. The van der Waals surface area contributed by atoms with Crippen LogP contribution < -0.4 is 4.72 Å². The Morgan fingerprint density at radius 1 is 1.39 bits per heavy atom. The Morgan fingerprint density at radius 2 is 2.06 bits per heavy atom. The second kappa shape index (κ2) is 5.38. The van der Waals surface area contributed by atoms with Gasteiger partial charge in [0.1, 0.15) is 4.90 Å². The summed E-state index contributed by atoms with van der Waals surface area (Å²) >= 11 is 0. The molecule has 102 valence electrons. The molecular formula is C11H19N3O3S. The number of rotatable bonds is 4. The summed E-state index contributed by atoms with van der Waals surface area (Å²) in [6.07, 6.45) is 1.82. The van der Waals surface area contributed by atoms with Gasteiger partial charge in [-0.15, -0.1) is 0 Å². The Balaban J connectivity index is 2.03. The van der Waals surface area contributed by atoms with E-state index in [1.165, 1.54) is 0 Å². The van der Waals surface area contributed by atoms with Crippen molar-refractivity contribution in [2.45, 2.75) is 31.6 Å². The van der Waals surface area contributed by atoms with E-state index in [9.17, 15) is 8.42 Å². The molecule has 0 amide bonds. The molecule has 0 unspecified atom stereocenters. The Bertz CT molecular complexity index is 484. The van der Waals surface area contributed by atoms with Gasteiger partial charge in [-0.3, -0.25) is 5.10 Å². The molecule has 1 saturated heterocycles. The molecule has 1 aromatic rings. The lowest BCUT2D eigenvalue weighted by Crippen LogP contribution is -2.32. The normalized spacial score (nSPS) is 18.1. The number of aromatic nitrogens is 2. The highest BCUT2D eigenvalue weighted by Gasteiger charge is 2.23. The average Bonchev–Trinajstić information content (AvgIpc) is 2.69. The van der Waals surface area contributed by atoms with Gasteiger partial charge in [0.05, 0.1) is 11.4 Å². The van der Waals surface area contributed by atoms with Crippen LogP contribution in [0, 0.1) is 19.8 Å². The minimum absolute atomic E-state index is 0.273. The van der Waals surface area contributed by atoms with E-state index in [1.807, 2.05) is 0 Å². The molecule has 2 rings (SSSR count). The van der Waals surface area contributed by atoms with Crippen molar-refractivity contribution in [1.82, 2.24) is 14.9 Å². The summed E-state index contributed by atoms with van der Waals surface area (Å²) in [6, 6.07) is 0. The third-order valence-corrected chi connectivity index (χ3v) is 4.92. The van der Waals surface area contributed by atoms with E-state index in [2.05, 4.69) is 14.9 Å². The van der Waals surface area contributed by atoms with Crippen LogP contribution in [0.25, 0.3) is 0 Å².